The molecule has 0 aliphatic carbocycles. The van der Waals surface area contributed by atoms with Gasteiger partial charge in [0, 0.05) is 18.8 Å². The summed E-state index contributed by atoms with van der Waals surface area (Å²) < 4.78 is 0. The highest BCUT2D eigenvalue weighted by molar-refractivity contribution is 5.48. The zero-order chi connectivity index (χ0) is 11.3. The van der Waals surface area contributed by atoms with Gasteiger partial charge in [-0.25, -0.2) is 0 Å². The van der Waals surface area contributed by atoms with Gasteiger partial charge in [-0.15, -0.1) is 0 Å². The molecule has 1 aromatic rings. The zero-order valence-corrected chi connectivity index (χ0v) is 9.88. The van der Waals surface area contributed by atoms with Crippen LogP contribution in [0.1, 0.15) is 24.5 Å². The standard InChI is InChI=1S/C13H21NO/c1-4-12(9-15)8-14-13-6-5-10(2)11(3)7-13/h5-7,12,14-15H,4,8-9H2,1-3H3. The Labute approximate surface area is 92.3 Å². The molecule has 0 radical (unpaired) electrons. The molecule has 0 amide bonds. The summed E-state index contributed by atoms with van der Waals surface area (Å²) in [6.07, 6.45) is 1.01. The third-order valence-corrected chi connectivity index (χ3v) is 2.94. The van der Waals surface area contributed by atoms with Crippen LogP contribution in [-0.4, -0.2) is 18.3 Å². The van der Waals surface area contributed by atoms with Crippen molar-refractivity contribution >= 4 is 5.69 Å². The summed E-state index contributed by atoms with van der Waals surface area (Å²) in [5.74, 6) is 0.353. The van der Waals surface area contributed by atoms with Gasteiger partial charge in [-0.1, -0.05) is 13.0 Å². The molecular weight excluding hydrogens is 186 g/mol. The molecule has 1 rings (SSSR count). The molecular formula is C13H21NO. The summed E-state index contributed by atoms with van der Waals surface area (Å²) in [6.45, 7) is 7.43. The van der Waals surface area contributed by atoms with Gasteiger partial charge in [0.1, 0.15) is 0 Å². The predicted molar refractivity (Wildman–Crippen MR) is 65.3 cm³/mol. The lowest BCUT2D eigenvalue weighted by Gasteiger charge is -2.14. The van der Waals surface area contributed by atoms with Gasteiger partial charge in [0.2, 0.25) is 0 Å². The third kappa shape index (κ3) is 3.56. The van der Waals surface area contributed by atoms with Crippen LogP contribution in [0.4, 0.5) is 5.69 Å². The van der Waals surface area contributed by atoms with Gasteiger partial charge in [-0.05, 0) is 49.4 Å². The fourth-order valence-corrected chi connectivity index (χ4v) is 1.45. The average molecular weight is 207 g/mol. The van der Waals surface area contributed by atoms with Gasteiger partial charge in [0.15, 0.2) is 0 Å². The lowest BCUT2D eigenvalue weighted by atomic mass is 10.1. The smallest absolute Gasteiger partial charge is 0.0475 e. The maximum atomic E-state index is 9.06. The number of hydrogen-bond acceptors (Lipinski definition) is 2. The molecule has 0 aliphatic rings. The Morgan fingerprint density at radius 2 is 2.00 bits per heavy atom. The number of aliphatic hydroxyl groups is 1. The van der Waals surface area contributed by atoms with Crippen molar-refractivity contribution in [3.05, 3.63) is 29.3 Å². The number of aliphatic hydroxyl groups excluding tert-OH is 1. The third-order valence-electron chi connectivity index (χ3n) is 2.94. The van der Waals surface area contributed by atoms with Crippen LogP contribution in [0.2, 0.25) is 0 Å². The summed E-state index contributed by atoms with van der Waals surface area (Å²) in [7, 11) is 0. The molecule has 0 heterocycles. The molecule has 1 atom stereocenters. The molecule has 2 N–H and O–H groups in total. The molecule has 0 bridgehead atoms. The van der Waals surface area contributed by atoms with Crippen LogP contribution in [-0.2, 0) is 0 Å². The zero-order valence-electron chi connectivity index (χ0n) is 9.88. The van der Waals surface area contributed by atoms with E-state index in [9.17, 15) is 0 Å². The van der Waals surface area contributed by atoms with E-state index in [2.05, 4.69) is 44.3 Å². The fourth-order valence-electron chi connectivity index (χ4n) is 1.45. The number of benzene rings is 1. The monoisotopic (exact) mass is 207 g/mol. The quantitative estimate of drug-likeness (QED) is 0.778. The van der Waals surface area contributed by atoms with E-state index in [1.54, 1.807) is 0 Å². The molecule has 15 heavy (non-hydrogen) atoms. The predicted octanol–water partition coefficient (Wildman–Crippen LogP) is 2.73. The first kappa shape index (κ1) is 12.1. The van der Waals surface area contributed by atoms with Crippen LogP contribution in [0.5, 0.6) is 0 Å². The summed E-state index contributed by atoms with van der Waals surface area (Å²) >= 11 is 0. The van der Waals surface area contributed by atoms with Crippen LogP contribution in [0.3, 0.4) is 0 Å². The topological polar surface area (TPSA) is 32.3 Å². The molecule has 1 aromatic carbocycles. The van der Waals surface area contributed by atoms with Crippen molar-refractivity contribution in [2.45, 2.75) is 27.2 Å². The van der Waals surface area contributed by atoms with Crippen molar-refractivity contribution in [2.75, 3.05) is 18.5 Å². The van der Waals surface area contributed by atoms with Crippen LogP contribution < -0.4 is 5.32 Å². The normalized spacial score (nSPS) is 12.5. The second kappa shape index (κ2) is 5.76. The first-order valence-corrected chi connectivity index (χ1v) is 5.59. The molecule has 0 saturated carbocycles. The molecule has 0 aromatic heterocycles. The number of aryl methyl sites for hydroxylation is 2. The van der Waals surface area contributed by atoms with E-state index < -0.39 is 0 Å². The highest BCUT2D eigenvalue weighted by Gasteiger charge is 2.04. The molecule has 2 nitrogen and oxygen atoms in total. The van der Waals surface area contributed by atoms with E-state index in [1.165, 1.54) is 11.1 Å². The minimum absolute atomic E-state index is 0.258. The molecule has 0 saturated heterocycles. The highest BCUT2D eigenvalue weighted by atomic mass is 16.3. The first-order valence-electron chi connectivity index (χ1n) is 5.59. The number of anilines is 1. The van der Waals surface area contributed by atoms with Gasteiger partial charge < -0.3 is 10.4 Å². The van der Waals surface area contributed by atoms with Gasteiger partial charge in [0.05, 0.1) is 0 Å². The van der Waals surface area contributed by atoms with Crippen LogP contribution >= 0.6 is 0 Å². The van der Waals surface area contributed by atoms with Gasteiger partial charge in [-0.3, -0.25) is 0 Å². The molecule has 84 valence electrons. The van der Waals surface area contributed by atoms with E-state index in [1.807, 2.05) is 0 Å². The summed E-state index contributed by atoms with van der Waals surface area (Å²) in [5.41, 5.74) is 3.76. The van der Waals surface area contributed by atoms with E-state index >= 15 is 0 Å². The lowest BCUT2D eigenvalue weighted by Crippen LogP contribution is -2.17. The Bertz CT molecular complexity index is 305. The molecule has 1 unspecified atom stereocenters. The maximum Gasteiger partial charge on any atom is 0.0475 e. The largest absolute Gasteiger partial charge is 0.396 e. The number of rotatable bonds is 5. The Hall–Kier alpha value is -1.02. The highest BCUT2D eigenvalue weighted by Crippen LogP contribution is 2.14. The Morgan fingerprint density at radius 3 is 2.53 bits per heavy atom. The Morgan fingerprint density at radius 1 is 1.27 bits per heavy atom. The summed E-state index contributed by atoms with van der Waals surface area (Å²) in [4.78, 5) is 0. The Kier molecular flexibility index (Phi) is 4.63. The van der Waals surface area contributed by atoms with Gasteiger partial charge in [0.25, 0.3) is 0 Å². The molecule has 0 fully saturated rings. The van der Waals surface area contributed by atoms with Crippen molar-refractivity contribution in [1.82, 2.24) is 0 Å². The van der Waals surface area contributed by atoms with Crippen molar-refractivity contribution in [2.24, 2.45) is 5.92 Å². The number of hydrogen-bond donors (Lipinski definition) is 2. The van der Waals surface area contributed by atoms with Gasteiger partial charge in [-0.2, -0.15) is 0 Å². The van der Waals surface area contributed by atoms with E-state index in [-0.39, 0.29) is 6.61 Å². The first-order chi connectivity index (χ1) is 7.17. The van der Waals surface area contributed by atoms with Crippen molar-refractivity contribution < 1.29 is 5.11 Å². The van der Waals surface area contributed by atoms with E-state index in [0.717, 1.165) is 18.7 Å². The fraction of sp³-hybridized carbons (Fsp3) is 0.538. The van der Waals surface area contributed by atoms with E-state index in [4.69, 9.17) is 5.11 Å². The second-order valence-corrected chi connectivity index (χ2v) is 4.14. The maximum absolute atomic E-state index is 9.06. The number of nitrogens with one attached hydrogen (secondary N) is 1. The molecule has 0 aliphatic heterocycles. The van der Waals surface area contributed by atoms with Crippen LogP contribution in [0.25, 0.3) is 0 Å². The SMILES string of the molecule is CCC(CO)CNc1ccc(C)c(C)c1. The molecule has 2 heteroatoms. The lowest BCUT2D eigenvalue weighted by molar-refractivity contribution is 0.230. The minimum atomic E-state index is 0.258. The van der Waals surface area contributed by atoms with Crippen LogP contribution in [0.15, 0.2) is 18.2 Å². The van der Waals surface area contributed by atoms with Crippen LogP contribution in [0, 0.1) is 19.8 Å². The molecule has 0 spiro atoms. The van der Waals surface area contributed by atoms with Crippen molar-refractivity contribution in [3.8, 4) is 0 Å². The second-order valence-electron chi connectivity index (χ2n) is 4.14. The van der Waals surface area contributed by atoms with Crippen molar-refractivity contribution in [3.63, 3.8) is 0 Å². The van der Waals surface area contributed by atoms with Crippen molar-refractivity contribution in [1.29, 1.82) is 0 Å². The summed E-state index contributed by atoms with van der Waals surface area (Å²) in [5, 5.41) is 12.4. The average Bonchev–Trinajstić information content (AvgIpc) is 2.24. The minimum Gasteiger partial charge on any atom is -0.396 e. The summed E-state index contributed by atoms with van der Waals surface area (Å²) in [6, 6.07) is 6.36. The van der Waals surface area contributed by atoms with Gasteiger partial charge >= 0.3 is 0 Å². The van der Waals surface area contributed by atoms with E-state index in [0.29, 0.717) is 5.92 Å². The Balaban J connectivity index is 2.54.